The highest BCUT2D eigenvalue weighted by atomic mass is 16.5. The second-order valence-electron chi connectivity index (χ2n) is 6.86. The molecule has 6 heteroatoms. The van der Waals surface area contributed by atoms with Crippen LogP contribution in [0, 0.1) is 13.8 Å². The van der Waals surface area contributed by atoms with E-state index in [-0.39, 0.29) is 5.78 Å². The molecule has 1 fully saturated rings. The third-order valence-corrected chi connectivity index (χ3v) is 5.32. The molecule has 0 aliphatic carbocycles. The number of quaternary nitrogens is 1. The highest BCUT2D eigenvalue weighted by Gasteiger charge is 2.34. The normalized spacial score (nSPS) is 20.0. The lowest BCUT2D eigenvalue weighted by Gasteiger charge is -2.21. The monoisotopic (exact) mass is 344 g/mol. The number of likely N-dealkylation sites (tertiary alicyclic amines) is 1. The van der Waals surface area contributed by atoms with Gasteiger partial charge < -0.3 is 19.2 Å². The number of ether oxygens (including phenoxy) is 1. The van der Waals surface area contributed by atoms with Gasteiger partial charge in [-0.3, -0.25) is 4.79 Å². The van der Waals surface area contributed by atoms with Crippen LogP contribution in [0.4, 0.5) is 0 Å². The lowest BCUT2D eigenvalue weighted by Crippen LogP contribution is -3.11. The lowest BCUT2D eigenvalue weighted by molar-refractivity contribution is -0.910. The van der Waals surface area contributed by atoms with Crippen molar-refractivity contribution in [3.8, 4) is 0 Å². The van der Waals surface area contributed by atoms with Crippen LogP contribution in [0.25, 0.3) is 0 Å². The van der Waals surface area contributed by atoms with Gasteiger partial charge in [0, 0.05) is 31.8 Å². The van der Waals surface area contributed by atoms with Crippen molar-refractivity contribution in [3.63, 3.8) is 0 Å². The predicted molar refractivity (Wildman–Crippen MR) is 94.0 cm³/mol. The van der Waals surface area contributed by atoms with E-state index in [1.165, 1.54) is 17.7 Å². The van der Waals surface area contributed by atoms with E-state index in [1.54, 1.807) is 13.8 Å². The van der Waals surface area contributed by atoms with Crippen LogP contribution in [-0.2, 0) is 11.8 Å². The van der Waals surface area contributed by atoms with E-state index in [1.807, 2.05) is 19.3 Å². The Hall–Kier alpha value is -2.34. The van der Waals surface area contributed by atoms with Gasteiger partial charge in [0.2, 0.25) is 5.78 Å². The molecule has 1 aliphatic heterocycles. The van der Waals surface area contributed by atoms with Gasteiger partial charge in [-0.05, 0) is 31.5 Å². The van der Waals surface area contributed by atoms with E-state index in [2.05, 4.69) is 15.6 Å². The number of nitrogens with zero attached hydrogens (tertiary/aromatic N) is 1. The molecule has 2 atom stereocenters. The van der Waals surface area contributed by atoms with Gasteiger partial charge in [-0.25, -0.2) is 4.79 Å². The number of carbonyl (C=O) groups is 2. The Bertz CT molecular complexity index is 803. The average molecular weight is 344 g/mol. The summed E-state index contributed by atoms with van der Waals surface area (Å²) in [6.45, 7) is 5.02. The molecule has 2 aromatic rings. The van der Waals surface area contributed by atoms with E-state index < -0.39 is 5.97 Å². The van der Waals surface area contributed by atoms with Crippen molar-refractivity contribution in [3.05, 3.63) is 46.5 Å². The second-order valence-corrected chi connectivity index (χ2v) is 6.86. The van der Waals surface area contributed by atoms with Gasteiger partial charge in [0.1, 0.15) is 12.6 Å². The molecule has 134 valence electrons. The van der Waals surface area contributed by atoms with E-state index >= 15 is 0 Å². The molecule has 0 saturated carbocycles. The molecule has 3 heterocycles. The first-order chi connectivity index (χ1) is 11.9. The summed E-state index contributed by atoms with van der Waals surface area (Å²) in [5.74, 6) is -0.354. The first-order valence-corrected chi connectivity index (χ1v) is 8.70. The first kappa shape index (κ1) is 17.5. The number of methoxy groups -OCH3 is 1. The highest BCUT2D eigenvalue weighted by molar-refractivity contribution is 6.01. The highest BCUT2D eigenvalue weighted by Crippen LogP contribution is 2.21. The van der Waals surface area contributed by atoms with Gasteiger partial charge >= 0.3 is 5.97 Å². The molecule has 1 aliphatic rings. The van der Waals surface area contributed by atoms with Crippen LogP contribution in [0.5, 0.6) is 0 Å². The number of aromatic amines is 1. The van der Waals surface area contributed by atoms with Gasteiger partial charge in [-0.2, -0.15) is 0 Å². The Labute approximate surface area is 147 Å². The molecule has 25 heavy (non-hydrogen) atoms. The molecule has 1 saturated heterocycles. The summed E-state index contributed by atoms with van der Waals surface area (Å²) < 4.78 is 6.96. The molecule has 1 unspecified atom stereocenters. The van der Waals surface area contributed by atoms with Crippen molar-refractivity contribution in [2.75, 3.05) is 20.2 Å². The topological polar surface area (TPSA) is 68.5 Å². The van der Waals surface area contributed by atoms with Crippen LogP contribution < -0.4 is 4.90 Å². The smallest absolute Gasteiger partial charge is 0.339 e. The molecule has 6 nitrogen and oxygen atoms in total. The zero-order valence-electron chi connectivity index (χ0n) is 15.3. The number of ketones is 1. The Balaban J connectivity index is 1.81. The largest absolute Gasteiger partial charge is 0.465 e. The van der Waals surface area contributed by atoms with E-state index in [9.17, 15) is 9.59 Å². The molecule has 0 bridgehead atoms. The van der Waals surface area contributed by atoms with Crippen molar-refractivity contribution in [2.45, 2.75) is 32.7 Å². The number of nitrogens with one attached hydrogen (secondary N) is 2. The number of H-pyrrole nitrogens is 1. The fourth-order valence-corrected chi connectivity index (χ4v) is 4.05. The van der Waals surface area contributed by atoms with Crippen molar-refractivity contribution in [2.24, 2.45) is 7.05 Å². The molecule has 0 amide bonds. The Morgan fingerprint density at radius 2 is 2.16 bits per heavy atom. The van der Waals surface area contributed by atoms with Crippen molar-refractivity contribution >= 4 is 11.8 Å². The van der Waals surface area contributed by atoms with E-state index in [4.69, 9.17) is 4.74 Å². The Morgan fingerprint density at radius 3 is 2.80 bits per heavy atom. The van der Waals surface area contributed by atoms with Crippen molar-refractivity contribution in [1.29, 1.82) is 0 Å². The summed E-state index contributed by atoms with van der Waals surface area (Å²) in [5, 5.41) is 0. The van der Waals surface area contributed by atoms with Gasteiger partial charge in [0.15, 0.2) is 0 Å². The van der Waals surface area contributed by atoms with E-state index in [0.717, 1.165) is 19.4 Å². The number of rotatable bonds is 5. The first-order valence-electron chi connectivity index (χ1n) is 8.70. The average Bonchev–Trinajstić information content (AvgIpc) is 3.26. The van der Waals surface area contributed by atoms with Crippen LogP contribution in [0.2, 0.25) is 0 Å². The van der Waals surface area contributed by atoms with E-state index in [0.29, 0.717) is 35.1 Å². The molecular formula is C19H26N3O3+. The minimum atomic E-state index is -0.402. The number of hydrogen-bond acceptors (Lipinski definition) is 3. The van der Waals surface area contributed by atoms with Gasteiger partial charge in [-0.15, -0.1) is 0 Å². The van der Waals surface area contributed by atoms with Crippen LogP contribution in [0.3, 0.4) is 0 Å². The SMILES string of the molecule is COC(=O)c1c(C)[nH]c(C(=O)C[NH+]2CCC[C@@H]2c2cccn2C)c1C. The maximum Gasteiger partial charge on any atom is 0.339 e. The Morgan fingerprint density at radius 1 is 1.40 bits per heavy atom. The van der Waals surface area contributed by atoms with Crippen LogP contribution in [0.1, 0.15) is 56.7 Å². The Kier molecular flexibility index (Phi) is 4.81. The quantitative estimate of drug-likeness (QED) is 0.636. The maximum absolute atomic E-state index is 12.9. The molecule has 0 spiro atoms. The number of Topliss-reactive ketones (excluding diaryl/α,β-unsaturated/α-hetero) is 1. The molecule has 3 rings (SSSR count). The zero-order valence-corrected chi connectivity index (χ0v) is 15.3. The molecule has 0 radical (unpaired) electrons. The fourth-order valence-electron chi connectivity index (χ4n) is 4.05. The standard InChI is InChI=1S/C19H25N3O3/c1-12-17(19(24)25-4)13(2)20-18(12)16(23)11-22-10-6-8-15(22)14-7-5-9-21(14)3/h5,7,9,15,20H,6,8,10-11H2,1-4H3/p+1/t15-/m1/s1. The molecule has 0 aromatic carbocycles. The fraction of sp³-hybridized carbons (Fsp3) is 0.474. The van der Waals surface area contributed by atoms with Crippen LogP contribution in [-0.4, -0.2) is 41.5 Å². The third-order valence-electron chi connectivity index (χ3n) is 5.32. The summed E-state index contributed by atoms with van der Waals surface area (Å²) in [6, 6.07) is 4.54. The summed E-state index contributed by atoms with van der Waals surface area (Å²) in [4.78, 5) is 29.2. The molecule has 2 N–H and O–H groups in total. The predicted octanol–water partition coefficient (Wildman–Crippen LogP) is 1.36. The van der Waals surface area contributed by atoms with Gasteiger partial charge in [0.05, 0.1) is 30.6 Å². The van der Waals surface area contributed by atoms with Gasteiger partial charge in [0.25, 0.3) is 0 Å². The maximum atomic E-state index is 12.9. The molecule has 2 aromatic heterocycles. The third kappa shape index (κ3) is 3.14. The number of carbonyl (C=O) groups excluding carboxylic acids is 2. The summed E-state index contributed by atoms with van der Waals surface area (Å²) >= 11 is 0. The van der Waals surface area contributed by atoms with Crippen molar-refractivity contribution < 1.29 is 19.2 Å². The summed E-state index contributed by atoms with van der Waals surface area (Å²) in [5.41, 5.74) is 3.64. The minimum Gasteiger partial charge on any atom is -0.465 e. The number of esters is 1. The summed E-state index contributed by atoms with van der Waals surface area (Å²) in [6.07, 6.45) is 4.26. The zero-order chi connectivity index (χ0) is 18.1. The number of hydrogen-bond donors (Lipinski definition) is 2. The minimum absolute atomic E-state index is 0.0480. The van der Waals surface area contributed by atoms with Gasteiger partial charge in [-0.1, -0.05) is 0 Å². The second kappa shape index (κ2) is 6.88. The van der Waals surface area contributed by atoms with Crippen molar-refractivity contribution in [1.82, 2.24) is 9.55 Å². The van der Waals surface area contributed by atoms with Crippen LogP contribution in [0.15, 0.2) is 18.3 Å². The van der Waals surface area contributed by atoms with Crippen LogP contribution >= 0.6 is 0 Å². The number of aryl methyl sites for hydroxylation is 2. The summed E-state index contributed by atoms with van der Waals surface area (Å²) in [7, 11) is 3.41. The molecular weight excluding hydrogens is 318 g/mol. The number of aromatic nitrogens is 2. The lowest BCUT2D eigenvalue weighted by atomic mass is 10.1.